The van der Waals surface area contributed by atoms with Gasteiger partial charge in [0.1, 0.15) is 0 Å². The molecule has 0 radical (unpaired) electrons. The minimum absolute atomic E-state index is 0.156. The first-order chi connectivity index (χ1) is 15.1. The van der Waals surface area contributed by atoms with E-state index in [1.54, 1.807) is 6.26 Å². The maximum absolute atomic E-state index is 12.8. The topological polar surface area (TPSA) is 67.4 Å². The van der Waals surface area contributed by atoms with Crippen LogP contribution >= 0.6 is 11.8 Å². The third-order valence-electron chi connectivity index (χ3n) is 5.32. The van der Waals surface area contributed by atoms with Crippen LogP contribution in [0.15, 0.2) is 58.3 Å². The first-order valence-corrected chi connectivity index (χ1v) is 11.7. The van der Waals surface area contributed by atoms with Crippen LogP contribution in [0.3, 0.4) is 0 Å². The van der Waals surface area contributed by atoms with Gasteiger partial charge in [-0.05, 0) is 23.6 Å². The van der Waals surface area contributed by atoms with Crippen molar-refractivity contribution in [3.8, 4) is 11.6 Å². The molecule has 1 aromatic carbocycles. The molecule has 1 amide bonds. The van der Waals surface area contributed by atoms with Crippen LogP contribution in [0, 0.1) is 5.92 Å². The summed E-state index contributed by atoms with van der Waals surface area (Å²) in [4.78, 5) is 17.2. The van der Waals surface area contributed by atoms with E-state index >= 15 is 0 Å². The average molecular weight is 440 g/mol. The van der Waals surface area contributed by atoms with E-state index in [2.05, 4.69) is 41.1 Å². The summed E-state index contributed by atoms with van der Waals surface area (Å²) in [5.41, 5.74) is 1.14. The van der Waals surface area contributed by atoms with Gasteiger partial charge in [0.2, 0.25) is 11.7 Å². The molecule has 2 aromatic heterocycles. The molecule has 3 heterocycles. The number of rotatable bonds is 8. The van der Waals surface area contributed by atoms with Crippen LogP contribution in [0.4, 0.5) is 0 Å². The molecule has 1 aliphatic heterocycles. The Morgan fingerprint density at radius 3 is 2.52 bits per heavy atom. The molecule has 1 saturated heterocycles. The van der Waals surface area contributed by atoms with Crippen LogP contribution in [-0.4, -0.2) is 68.9 Å². The van der Waals surface area contributed by atoms with E-state index in [9.17, 15) is 4.79 Å². The Hall–Kier alpha value is -2.58. The van der Waals surface area contributed by atoms with E-state index in [-0.39, 0.29) is 5.91 Å². The van der Waals surface area contributed by atoms with Gasteiger partial charge in [-0.1, -0.05) is 55.9 Å². The lowest BCUT2D eigenvalue weighted by Gasteiger charge is -2.35. The Morgan fingerprint density at radius 1 is 1.06 bits per heavy atom. The van der Waals surface area contributed by atoms with Crippen LogP contribution in [0.5, 0.6) is 0 Å². The SMILES string of the molecule is CC(C)CN1CCN(C(=O)CSc2nnc(-c3ccco3)n2Cc2ccccc2)CC1. The highest BCUT2D eigenvalue weighted by Gasteiger charge is 2.23. The second-order valence-corrected chi connectivity index (χ2v) is 9.16. The quantitative estimate of drug-likeness (QED) is 0.501. The minimum Gasteiger partial charge on any atom is -0.461 e. The molecule has 1 fully saturated rings. The van der Waals surface area contributed by atoms with Gasteiger partial charge in [0.05, 0.1) is 18.6 Å². The van der Waals surface area contributed by atoms with E-state index in [1.807, 2.05) is 39.8 Å². The van der Waals surface area contributed by atoms with Crippen LogP contribution in [0.1, 0.15) is 19.4 Å². The minimum atomic E-state index is 0.156. The molecule has 0 unspecified atom stereocenters. The normalized spacial score (nSPS) is 15.0. The van der Waals surface area contributed by atoms with E-state index in [0.29, 0.717) is 29.8 Å². The number of carbonyl (C=O) groups is 1. The predicted molar refractivity (Wildman–Crippen MR) is 122 cm³/mol. The molecule has 0 N–H and O–H groups in total. The number of piperazine rings is 1. The van der Waals surface area contributed by atoms with Crippen molar-refractivity contribution >= 4 is 17.7 Å². The monoisotopic (exact) mass is 439 g/mol. The fraction of sp³-hybridized carbons (Fsp3) is 0.435. The zero-order chi connectivity index (χ0) is 21.6. The van der Waals surface area contributed by atoms with E-state index in [4.69, 9.17) is 4.42 Å². The van der Waals surface area contributed by atoms with Crippen molar-refractivity contribution in [2.75, 3.05) is 38.5 Å². The highest BCUT2D eigenvalue weighted by atomic mass is 32.2. The maximum atomic E-state index is 12.8. The zero-order valence-electron chi connectivity index (χ0n) is 18.1. The number of aromatic nitrogens is 3. The molecule has 8 heteroatoms. The van der Waals surface area contributed by atoms with Crippen LogP contribution in [-0.2, 0) is 11.3 Å². The molecule has 0 bridgehead atoms. The van der Waals surface area contributed by atoms with Gasteiger partial charge >= 0.3 is 0 Å². The lowest BCUT2D eigenvalue weighted by Crippen LogP contribution is -2.50. The first-order valence-electron chi connectivity index (χ1n) is 10.7. The summed E-state index contributed by atoms with van der Waals surface area (Å²) in [6, 6.07) is 13.9. The van der Waals surface area contributed by atoms with Crippen LogP contribution in [0.2, 0.25) is 0 Å². The van der Waals surface area contributed by atoms with Gasteiger partial charge in [0, 0.05) is 32.7 Å². The summed E-state index contributed by atoms with van der Waals surface area (Å²) in [5, 5.41) is 9.44. The smallest absolute Gasteiger partial charge is 0.233 e. The molecule has 0 atom stereocenters. The Bertz CT molecular complexity index is 963. The molecule has 31 heavy (non-hydrogen) atoms. The van der Waals surface area contributed by atoms with Crippen molar-refractivity contribution < 1.29 is 9.21 Å². The second kappa shape index (κ2) is 10.2. The third-order valence-corrected chi connectivity index (χ3v) is 6.27. The lowest BCUT2D eigenvalue weighted by atomic mass is 10.2. The van der Waals surface area contributed by atoms with Gasteiger partial charge in [-0.25, -0.2) is 0 Å². The Labute approximate surface area is 187 Å². The largest absolute Gasteiger partial charge is 0.461 e. The maximum Gasteiger partial charge on any atom is 0.233 e. The van der Waals surface area contributed by atoms with E-state index in [1.165, 1.54) is 11.8 Å². The summed E-state index contributed by atoms with van der Waals surface area (Å²) in [7, 11) is 0. The Balaban J connectivity index is 1.42. The number of carbonyl (C=O) groups excluding carboxylic acids is 1. The third kappa shape index (κ3) is 5.57. The van der Waals surface area contributed by atoms with Gasteiger partial charge in [0.15, 0.2) is 10.9 Å². The Morgan fingerprint density at radius 2 is 1.84 bits per heavy atom. The molecule has 0 spiro atoms. The first kappa shape index (κ1) is 21.6. The van der Waals surface area contributed by atoms with Crippen LogP contribution < -0.4 is 0 Å². The fourth-order valence-electron chi connectivity index (χ4n) is 3.81. The van der Waals surface area contributed by atoms with Crippen molar-refractivity contribution in [2.45, 2.75) is 25.5 Å². The summed E-state index contributed by atoms with van der Waals surface area (Å²) < 4.78 is 7.58. The zero-order valence-corrected chi connectivity index (χ0v) is 18.9. The molecule has 4 rings (SSSR count). The molecular weight excluding hydrogens is 410 g/mol. The molecule has 1 aliphatic rings. The molecular formula is C23H29N5O2S. The lowest BCUT2D eigenvalue weighted by molar-refractivity contribution is -0.130. The standard InChI is InChI=1S/C23H29N5O2S/c1-18(2)15-26-10-12-27(13-11-26)21(29)17-31-23-25-24-22(20-9-6-14-30-20)28(23)16-19-7-4-3-5-8-19/h3-9,14,18H,10-13,15-17H2,1-2H3. The van der Waals surface area contributed by atoms with Gasteiger partial charge in [-0.15, -0.1) is 10.2 Å². The predicted octanol–water partition coefficient (Wildman–Crippen LogP) is 3.48. The van der Waals surface area contributed by atoms with Crippen molar-refractivity contribution in [1.29, 1.82) is 0 Å². The number of thioether (sulfide) groups is 1. The van der Waals surface area contributed by atoms with Gasteiger partial charge in [-0.2, -0.15) is 0 Å². The number of furan rings is 1. The number of amides is 1. The van der Waals surface area contributed by atoms with Crippen molar-refractivity contribution in [3.05, 3.63) is 54.3 Å². The number of benzene rings is 1. The highest BCUT2D eigenvalue weighted by Crippen LogP contribution is 2.26. The van der Waals surface area contributed by atoms with Gasteiger partial charge in [0.25, 0.3) is 0 Å². The molecule has 164 valence electrons. The number of hydrogen-bond acceptors (Lipinski definition) is 6. The average Bonchev–Trinajstić information content (AvgIpc) is 3.43. The number of hydrogen-bond donors (Lipinski definition) is 0. The molecule has 0 saturated carbocycles. The molecule has 7 nitrogen and oxygen atoms in total. The van der Waals surface area contributed by atoms with E-state index in [0.717, 1.165) is 43.4 Å². The van der Waals surface area contributed by atoms with E-state index < -0.39 is 0 Å². The second-order valence-electron chi connectivity index (χ2n) is 8.22. The number of nitrogens with zero attached hydrogens (tertiary/aromatic N) is 5. The highest BCUT2D eigenvalue weighted by molar-refractivity contribution is 7.99. The van der Waals surface area contributed by atoms with Crippen molar-refractivity contribution in [3.63, 3.8) is 0 Å². The fourth-order valence-corrected chi connectivity index (χ4v) is 4.65. The van der Waals surface area contributed by atoms with Crippen molar-refractivity contribution in [2.24, 2.45) is 5.92 Å². The summed E-state index contributed by atoms with van der Waals surface area (Å²) in [5.74, 6) is 2.50. The van der Waals surface area contributed by atoms with Crippen LogP contribution in [0.25, 0.3) is 11.6 Å². The molecule has 3 aromatic rings. The summed E-state index contributed by atoms with van der Waals surface area (Å²) in [6.45, 7) is 9.65. The summed E-state index contributed by atoms with van der Waals surface area (Å²) >= 11 is 1.44. The Kier molecular flexibility index (Phi) is 7.09. The summed E-state index contributed by atoms with van der Waals surface area (Å²) in [6.07, 6.45) is 1.63. The van der Waals surface area contributed by atoms with Crippen molar-refractivity contribution in [1.82, 2.24) is 24.6 Å². The van der Waals surface area contributed by atoms with Gasteiger partial charge in [-0.3, -0.25) is 14.3 Å². The van der Waals surface area contributed by atoms with Gasteiger partial charge < -0.3 is 9.32 Å². The molecule has 0 aliphatic carbocycles.